The Morgan fingerprint density at radius 1 is 1.17 bits per heavy atom. The van der Waals surface area contributed by atoms with Crippen LogP contribution in [0.4, 0.5) is 5.00 Å². The number of carbonyl (C=O) groups excluding carboxylic acids is 3. The van der Waals surface area contributed by atoms with Crippen molar-refractivity contribution in [3.05, 3.63) is 51.9 Å². The molecule has 0 saturated carbocycles. The van der Waals surface area contributed by atoms with Gasteiger partial charge in [-0.3, -0.25) is 9.59 Å². The number of hydrogen-bond donors (Lipinski definition) is 1. The van der Waals surface area contributed by atoms with Crippen molar-refractivity contribution in [3.8, 4) is 0 Å². The number of nitrogens with one attached hydrogen (secondary N) is 1. The number of benzene rings is 1. The summed E-state index contributed by atoms with van der Waals surface area (Å²) in [5.41, 5.74) is 2.72. The van der Waals surface area contributed by atoms with E-state index < -0.39 is 11.9 Å². The van der Waals surface area contributed by atoms with E-state index in [-0.39, 0.29) is 25.4 Å². The lowest BCUT2D eigenvalue weighted by molar-refractivity contribution is -0.141. The molecule has 29 heavy (non-hydrogen) atoms. The normalized spacial score (nSPS) is 15.3. The lowest BCUT2D eigenvalue weighted by Gasteiger charge is -2.23. The molecule has 0 saturated heterocycles. The number of fused-ring (bicyclic) bond motifs is 1. The maximum atomic E-state index is 12.6. The Balaban J connectivity index is 1.83. The summed E-state index contributed by atoms with van der Waals surface area (Å²) in [7, 11) is 1.29. The zero-order valence-corrected chi connectivity index (χ0v) is 17.5. The number of carbonyl (C=O) groups is 3. The van der Waals surface area contributed by atoms with Crippen LogP contribution in [0.25, 0.3) is 0 Å². The minimum atomic E-state index is -0.443. The molecule has 0 fully saturated rings. The predicted molar refractivity (Wildman–Crippen MR) is 111 cm³/mol. The number of anilines is 1. The van der Waals surface area contributed by atoms with Crippen LogP contribution in [-0.2, 0) is 31.9 Å². The second kappa shape index (κ2) is 9.69. The molecule has 2 aromatic rings. The summed E-state index contributed by atoms with van der Waals surface area (Å²) in [6, 6.07) is 10.3. The summed E-state index contributed by atoms with van der Waals surface area (Å²) >= 11 is 1.43. The Hall–Kier alpha value is -2.67. The summed E-state index contributed by atoms with van der Waals surface area (Å²) in [5.74, 6) is -0.784. The van der Waals surface area contributed by atoms with Gasteiger partial charge in [-0.05, 0) is 43.2 Å². The molecule has 1 aromatic carbocycles. The van der Waals surface area contributed by atoms with Crippen LogP contribution >= 0.6 is 11.3 Å². The molecular weight excluding hydrogens is 390 g/mol. The number of amides is 1. The molecule has 0 spiro atoms. The van der Waals surface area contributed by atoms with Crippen molar-refractivity contribution in [2.45, 2.75) is 44.9 Å². The summed E-state index contributed by atoms with van der Waals surface area (Å²) < 4.78 is 9.82. The highest BCUT2D eigenvalue weighted by atomic mass is 32.1. The smallest absolute Gasteiger partial charge is 0.341 e. The van der Waals surface area contributed by atoms with Gasteiger partial charge in [0, 0.05) is 11.3 Å². The van der Waals surface area contributed by atoms with Crippen molar-refractivity contribution in [3.63, 3.8) is 0 Å². The Morgan fingerprint density at radius 3 is 2.62 bits per heavy atom. The SMILES string of the molecule is CCOC(=O)c1c(NC(=O)CCC(=O)OC)sc2c1CC[C@@H](c1ccccc1)C2. The highest BCUT2D eigenvalue weighted by molar-refractivity contribution is 7.17. The number of hydrogen-bond acceptors (Lipinski definition) is 6. The average Bonchev–Trinajstić information content (AvgIpc) is 3.09. The molecule has 0 radical (unpaired) electrons. The van der Waals surface area contributed by atoms with E-state index >= 15 is 0 Å². The summed E-state index contributed by atoms with van der Waals surface area (Å²) in [5, 5.41) is 3.32. The lowest BCUT2D eigenvalue weighted by atomic mass is 9.83. The first-order valence-electron chi connectivity index (χ1n) is 9.76. The van der Waals surface area contributed by atoms with Crippen LogP contribution in [-0.4, -0.2) is 31.6 Å². The number of methoxy groups -OCH3 is 1. The van der Waals surface area contributed by atoms with Crippen molar-refractivity contribution in [1.82, 2.24) is 0 Å². The standard InChI is InChI=1S/C22H25NO5S/c1-3-28-22(26)20-16-10-9-15(14-7-5-4-6-8-14)13-17(16)29-21(20)23-18(24)11-12-19(25)27-2/h4-8,15H,3,9-13H2,1-2H3,(H,23,24)/t15-/m1/s1. The third-order valence-electron chi connectivity index (χ3n) is 5.05. The zero-order chi connectivity index (χ0) is 20.8. The van der Waals surface area contributed by atoms with Gasteiger partial charge >= 0.3 is 11.9 Å². The van der Waals surface area contributed by atoms with E-state index in [0.29, 0.717) is 16.5 Å². The first kappa shape index (κ1) is 21.0. The van der Waals surface area contributed by atoms with Gasteiger partial charge in [0.05, 0.1) is 25.7 Å². The Kier molecular flexibility index (Phi) is 7.04. The number of ether oxygens (including phenoxy) is 2. The van der Waals surface area contributed by atoms with Gasteiger partial charge in [-0.25, -0.2) is 4.79 Å². The van der Waals surface area contributed by atoms with Gasteiger partial charge in [0.15, 0.2) is 0 Å². The van der Waals surface area contributed by atoms with Gasteiger partial charge in [-0.15, -0.1) is 11.3 Å². The van der Waals surface area contributed by atoms with Crippen molar-refractivity contribution in [2.24, 2.45) is 0 Å². The van der Waals surface area contributed by atoms with Gasteiger partial charge in [0.25, 0.3) is 0 Å². The molecular formula is C22H25NO5S. The van der Waals surface area contributed by atoms with Crippen LogP contribution in [0.15, 0.2) is 30.3 Å². The van der Waals surface area contributed by atoms with Crippen LogP contribution in [0, 0.1) is 0 Å². The number of thiophene rings is 1. The van der Waals surface area contributed by atoms with E-state index in [1.807, 2.05) is 18.2 Å². The molecule has 1 aliphatic carbocycles. The average molecular weight is 416 g/mol. The second-order valence-corrected chi connectivity index (χ2v) is 8.01. The van der Waals surface area contributed by atoms with Crippen LogP contribution in [0.2, 0.25) is 0 Å². The quantitative estimate of drug-likeness (QED) is 0.689. The van der Waals surface area contributed by atoms with E-state index in [2.05, 4.69) is 22.2 Å². The van der Waals surface area contributed by atoms with E-state index in [1.165, 1.54) is 24.0 Å². The third kappa shape index (κ3) is 5.03. The third-order valence-corrected chi connectivity index (χ3v) is 6.22. The molecule has 1 aromatic heterocycles. The minimum Gasteiger partial charge on any atom is -0.469 e. The Morgan fingerprint density at radius 2 is 1.93 bits per heavy atom. The molecule has 1 N–H and O–H groups in total. The second-order valence-electron chi connectivity index (χ2n) is 6.90. The topological polar surface area (TPSA) is 81.7 Å². The highest BCUT2D eigenvalue weighted by Crippen LogP contribution is 2.42. The van der Waals surface area contributed by atoms with Crippen molar-refractivity contribution in [1.29, 1.82) is 0 Å². The van der Waals surface area contributed by atoms with Crippen LogP contribution in [0.3, 0.4) is 0 Å². The molecule has 1 aliphatic rings. The molecule has 1 heterocycles. The van der Waals surface area contributed by atoms with Crippen molar-refractivity contribution in [2.75, 3.05) is 19.0 Å². The molecule has 0 bridgehead atoms. The molecule has 0 aliphatic heterocycles. The van der Waals surface area contributed by atoms with Gasteiger partial charge in [0.2, 0.25) is 5.91 Å². The first-order valence-corrected chi connectivity index (χ1v) is 10.6. The fourth-order valence-electron chi connectivity index (χ4n) is 3.61. The Bertz CT molecular complexity index is 890. The van der Waals surface area contributed by atoms with E-state index in [4.69, 9.17) is 4.74 Å². The van der Waals surface area contributed by atoms with Gasteiger partial charge in [-0.2, -0.15) is 0 Å². The van der Waals surface area contributed by atoms with E-state index in [1.54, 1.807) is 6.92 Å². The fourth-order valence-corrected chi connectivity index (χ4v) is 4.94. The fraction of sp³-hybridized carbons (Fsp3) is 0.409. The van der Waals surface area contributed by atoms with Crippen molar-refractivity contribution >= 4 is 34.2 Å². The molecule has 7 heteroatoms. The predicted octanol–water partition coefficient (Wildman–Crippen LogP) is 4.09. The Labute approximate surface area is 174 Å². The van der Waals surface area contributed by atoms with Crippen LogP contribution in [0.5, 0.6) is 0 Å². The molecule has 1 atom stereocenters. The maximum absolute atomic E-state index is 12.6. The van der Waals surface area contributed by atoms with Gasteiger partial charge in [0.1, 0.15) is 5.00 Å². The zero-order valence-electron chi connectivity index (χ0n) is 16.7. The lowest BCUT2D eigenvalue weighted by Crippen LogP contribution is -2.17. The monoisotopic (exact) mass is 415 g/mol. The van der Waals surface area contributed by atoms with E-state index in [0.717, 1.165) is 29.7 Å². The summed E-state index contributed by atoms with van der Waals surface area (Å²) in [6.07, 6.45) is 2.53. The minimum absolute atomic E-state index is 0.00174. The van der Waals surface area contributed by atoms with Crippen LogP contribution < -0.4 is 5.32 Å². The molecule has 3 rings (SSSR count). The molecule has 1 amide bonds. The van der Waals surface area contributed by atoms with Gasteiger partial charge in [-0.1, -0.05) is 30.3 Å². The van der Waals surface area contributed by atoms with Crippen LogP contribution in [0.1, 0.15) is 58.5 Å². The maximum Gasteiger partial charge on any atom is 0.341 e. The summed E-state index contributed by atoms with van der Waals surface area (Å²) in [4.78, 5) is 37.3. The van der Waals surface area contributed by atoms with Gasteiger partial charge < -0.3 is 14.8 Å². The highest BCUT2D eigenvalue weighted by Gasteiger charge is 2.30. The number of rotatable bonds is 7. The first-order chi connectivity index (χ1) is 14.0. The largest absolute Gasteiger partial charge is 0.469 e. The molecule has 0 unspecified atom stereocenters. The molecule has 154 valence electrons. The summed E-state index contributed by atoms with van der Waals surface area (Å²) in [6.45, 7) is 2.03. The molecule has 6 nitrogen and oxygen atoms in total. The van der Waals surface area contributed by atoms with Crippen molar-refractivity contribution < 1.29 is 23.9 Å². The van der Waals surface area contributed by atoms with E-state index in [9.17, 15) is 14.4 Å². The number of esters is 2.